The molecular weight excluding hydrogens is 372 g/mol. The molecule has 0 aromatic carbocycles. The minimum atomic E-state index is 0. The van der Waals surface area contributed by atoms with Crippen molar-refractivity contribution in [3.05, 3.63) is 30.1 Å². The van der Waals surface area contributed by atoms with Gasteiger partial charge >= 0.3 is 0 Å². The highest BCUT2D eigenvalue weighted by molar-refractivity contribution is 5.12. The van der Waals surface area contributed by atoms with Crippen LogP contribution in [0.3, 0.4) is 0 Å². The van der Waals surface area contributed by atoms with Crippen LogP contribution in [0.2, 0.25) is 0 Å². The highest BCUT2D eigenvalue weighted by Gasteiger charge is 2.24. The molecule has 0 spiro atoms. The van der Waals surface area contributed by atoms with E-state index in [2.05, 4.69) is 59.8 Å². The lowest BCUT2D eigenvalue weighted by atomic mass is 10.1. The van der Waals surface area contributed by atoms with Crippen LogP contribution in [0.25, 0.3) is 0 Å². The zero-order valence-electron chi connectivity index (χ0n) is 16.1. The molecule has 1 aromatic rings. The second-order valence-corrected chi connectivity index (χ2v) is 7.14. The molecule has 0 bridgehead atoms. The highest BCUT2D eigenvalue weighted by atomic mass is 79.9. The Balaban J connectivity index is 0.00000312. The number of unbranched alkanes of at least 4 members (excludes halogenated alkanes) is 6. The van der Waals surface area contributed by atoms with Gasteiger partial charge in [0.2, 0.25) is 0 Å². The summed E-state index contributed by atoms with van der Waals surface area (Å²) in [5.74, 6) is 6.59. The van der Waals surface area contributed by atoms with Gasteiger partial charge in [-0.25, -0.2) is 4.57 Å². The molecule has 0 radical (unpaired) electrons. The second kappa shape index (κ2) is 13.4. The van der Waals surface area contributed by atoms with Gasteiger partial charge in [0.15, 0.2) is 12.4 Å². The molecule has 2 rings (SSSR count). The van der Waals surface area contributed by atoms with Gasteiger partial charge in [-0.3, -0.25) is 4.90 Å². The number of aromatic nitrogens is 1. The molecule has 140 valence electrons. The summed E-state index contributed by atoms with van der Waals surface area (Å²) < 4.78 is 2.38. The van der Waals surface area contributed by atoms with Crippen molar-refractivity contribution in [1.82, 2.24) is 4.90 Å². The maximum absolute atomic E-state index is 3.31. The summed E-state index contributed by atoms with van der Waals surface area (Å²) in [5, 5.41) is 0. The quantitative estimate of drug-likeness (QED) is 0.345. The van der Waals surface area contributed by atoms with Crippen LogP contribution in [0.5, 0.6) is 0 Å². The standard InChI is InChI=1S/C22H35N2.BrH/c1-3-4-5-6-7-8-9-10-11-12-18-24-19-13-15-21(20-24)22-16-14-17-23(22)2;/h13,15,19-20,22H,3-5,8-12,14,16-18H2,1-2H3;1H/q+1;/p-1. The molecule has 1 aromatic heterocycles. The molecule has 1 unspecified atom stereocenters. The van der Waals surface area contributed by atoms with E-state index in [-0.39, 0.29) is 17.0 Å². The Morgan fingerprint density at radius 2 is 1.88 bits per heavy atom. The normalized spacial score (nSPS) is 17.0. The second-order valence-electron chi connectivity index (χ2n) is 7.14. The van der Waals surface area contributed by atoms with Gasteiger partial charge in [0, 0.05) is 36.9 Å². The zero-order chi connectivity index (χ0) is 17.0. The van der Waals surface area contributed by atoms with Crippen LogP contribution < -0.4 is 21.5 Å². The number of halogens is 1. The van der Waals surface area contributed by atoms with Crippen LogP contribution >= 0.6 is 0 Å². The number of likely N-dealkylation sites (tertiary alicyclic amines) is 1. The van der Waals surface area contributed by atoms with Crippen molar-refractivity contribution in [2.75, 3.05) is 13.6 Å². The Morgan fingerprint density at radius 3 is 2.60 bits per heavy atom. The van der Waals surface area contributed by atoms with E-state index in [0.717, 1.165) is 19.4 Å². The summed E-state index contributed by atoms with van der Waals surface area (Å²) in [7, 11) is 2.25. The molecule has 25 heavy (non-hydrogen) atoms. The topological polar surface area (TPSA) is 7.12 Å². The van der Waals surface area contributed by atoms with Crippen molar-refractivity contribution >= 4 is 0 Å². The van der Waals surface area contributed by atoms with Crippen LogP contribution in [0.4, 0.5) is 0 Å². The van der Waals surface area contributed by atoms with Crippen LogP contribution in [-0.4, -0.2) is 18.5 Å². The molecule has 1 atom stereocenters. The van der Waals surface area contributed by atoms with Crippen molar-refractivity contribution in [1.29, 1.82) is 0 Å². The van der Waals surface area contributed by atoms with Crippen molar-refractivity contribution in [3.8, 4) is 11.8 Å². The molecule has 3 heteroatoms. The van der Waals surface area contributed by atoms with Crippen LogP contribution in [0, 0.1) is 11.8 Å². The SMILES string of the molecule is CCCCC#CCCCCCC[n+]1cccc(C2CCCN2C)c1.[Br-]. The molecule has 0 saturated carbocycles. The van der Waals surface area contributed by atoms with Gasteiger partial charge in [-0.2, -0.15) is 0 Å². The highest BCUT2D eigenvalue weighted by Crippen LogP contribution is 2.29. The molecule has 0 N–H and O–H groups in total. The number of aryl methyl sites for hydroxylation is 1. The number of hydrogen-bond donors (Lipinski definition) is 0. The first kappa shape index (κ1) is 22.2. The molecule has 2 nitrogen and oxygen atoms in total. The number of hydrogen-bond acceptors (Lipinski definition) is 1. The van der Waals surface area contributed by atoms with E-state index < -0.39 is 0 Å². The van der Waals surface area contributed by atoms with Crippen molar-refractivity contribution < 1.29 is 21.5 Å². The van der Waals surface area contributed by atoms with E-state index in [9.17, 15) is 0 Å². The summed E-state index contributed by atoms with van der Waals surface area (Å²) in [5.41, 5.74) is 1.49. The van der Waals surface area contributed by atoms with Crippen LogP contribution in [0.1, 0.15) is 82.7 Å². The van der Waals surface area contributed by atoms with E-state index in [1.165, 1.54) is 63.5 Å². The largest absolute Gasteiger partial charge is 1.00 e. The van der Waals surface area contributed by atoms with Gasteiger partial charge in [-0.1, -0.05) is 19.8 Å². The Hall–Kier alpha value is -0.850. The maximum Gasteiger partial charge on any atom is 0.173 e. The average molecular weight is 407 g/mol. The van der Waals surface area contributed by atoms with Gasteiger partial charge in [0.25, 0.3) is 0 Å². The third kappa shape index (κ3) is 8.38. The van der Waals surface area contributed by atoms with Gasteiger partial charge < -0.3 is 17.0 Å². The lowest BCUT2D eigenvalue weighted by molar-refractivity contribution is -0.697. The third-order valence-electron chi connectivity index (χ3n) is 5.03. The molecule has 0 amide bonds. The molecule has 1 aliphatic rings. The fraction of sp³-hybridized carbons (Fsp3) is 0.682. The maximum atomic E-state index is 3.31. The summed E-state index contributed by atoms with van der Waals surface area (Å²) in [4.78, 5) is 2.49. The summed E-state index contributed by atoms with van der Waals surface area (Å²) in [6.07, 6.45) is 17.1. The first-order valence-corrected chi connectivity index (χ1v) is 9.96. The Bertz CT molecular complexity index is 532. The first-order valence-electron chi connectivity index (χ1n) is 9.96. The van der Waals surface area contributed by atoms with Gasteiger partial charge in [0.1, 0.15) is 6.54 Å². The monoisotopic (exact) mass is 406 g/mol. The summed E-state index contributed by atoms with van der Waals surface area (Å²) >= 11 is 0. The number of nitrogens with zero attached hydrogens (tertiary/aromatic N) is 2. The fourth-order valence-electron chi connectivity index (χ4n) is 3.51. The van der Waals surface area contributed by atoms with E-state index in [0.29, 0.717) is 6.04 Å². The molecule has 1 saturated heterocycles. The predicted molar refractivity (Wildman–Crippen MR) is 102 cm³/mol. The van der Waals surface area contributed by atoms with Crippen molar-refractivity contribution in [2.45, 2.75) is 83.7 Å². The third-order valence-corrected chi connectivity index (χ3v) is 5.03. The fourth-order valence-corrected chi connectivity index (χ4v) is 3.51. The predicted octanol–water partition coefficient (Wildman–Crippen LogP) is 1.89. The summed E-state index contributed by atoms with van der Waals surface area (Å²) in [6.45, 7) is 4.61. The van der Waals surface area contributed by atoms with Crippen molar-refractivity contribution in [2.24, 2.45) is 0 Å². The number of rotatable bonds is 9. The minimum absolute atomic E-state index is 0. The molecule has 0 aliphatic carbocycles. The average Bonchev–Trinajstić information content (AvgIpc) is 3.03. The van der Waals surface area contributed by atoms with Crippen LogP contribution in [-0.2, 0) is 6.54 Å². The van der Waals surface area contributed by atoms with Gasteiger partial charge in [0.05, 0.1) is 0 Å². The lowest BCUT2D eigenvalue weighted by Crippen LogP contribution is -3.00. The zero-order valence-corrected chi connectivity index (χ0v) is 17.7. The van der Waals surface area contributed by atoms with E-state index in [1.807, 2.05) is 0 Å². The minimum Gasteiger partial charge on any atom is -1.00 e. The first-order chi connectivity index (χ1) is 11.8. The molecule has 1 aliphatic heterocycles. The number of pyridine rings is 1. The van der Waals surface area contributed by atoms with E-state index in [4.69, 9.17) is 0 Å². The van der Waals surface area contributed by atoms with Gasteiger partial charge in [-0.05, 0) is 51.8 Å². The molecule has 1 fully saturated rings. The smallest absolute Gasteiger partial charge is 0.173 e. The summed E-state index contributed by atoms with van der Waals surface area (Å²) in [6, 6.07) is 5.14. The molecule has 2 heterocycles. The lowest BCUT2D eigenvalue weighted by Gasteiger charge is -2.18. The van der Waals surface area contributed by atoms with Crippen LogP contribution in [0.15, 0.2) is 24.5 Å². The van der Waals surface area contributed by atoms with E-state index in [1.54, 1.807) is 0 Å². The Labute approximate surface area is 165 Å². The molecular formula is C22H35BrN2. The van der Waals surface area contributed by atoms with Crippen molar-refractivity contribution in [3.63, 3.8) is 0 Å². The Kier molecular flexibility index (Phi) is 11.9. The van der Waals surface area contributed by atoms with Gasteiger partial charge in [-0.15, -0.1) is 11.8 Å². The van der Waals surface area contributed by atoms with E-state index >= 15 is 0 Å². The Morgan fingerprint density at radius 1 is 1.12 bits per heavy atom.